The van der Waals surface area contributed by atoms with Gasteiger partial charge in [-0.1, -0.05) is 120 Å². The van der Waals surface area contributed by atoms with Crippen LogP contribution in [0.15, 0.2) is 39.2 Å². The minimum atomic E-state index is 0.129. The maximum Gasteiger partial charge on any atom is 0.150 e. The number of benzene rings is 1. The van der Waals surface area contributed by atoms with Crippen LogP contribution in [0.3, 0.4) is 0 Å². The van der Waals surface area contributed by atoms with E-state index in [1.54, 1.807) is 0 Å². The van der Waals surface area contributed by atoms with Gasteiger partial charge in [-0.05, 0) is 36.7 Å². The summed E-state index contributed by atoms with van der Waals surface area (Å²) >= 11 is 5.92. The summed E-state index contributed by atoms with van der Waals surface area (Å²) in [6.45, 7) is 9.46. The van der Waals surface area contributed by atoms with Crippen LogP contribution >= 0.6 is 47.0 Å². The molecular formula is C31H36N4OS4. The van der Waals surface area contributed by atoms with Crippen molar-refractivity contribution in [2.45, 2.75) is 111 Å². The van der Waals surface area contributed by atoms with Crippen LogP contribution in [0.1, 0.15) is 91.0 Å². The molecule has 2 aliphatic rings. The van der Waals surface area contributed by atoms with Gasteiger partial charge in [0.05, 0.1) is 24.9 Å². The number of nitrogens with zero attached hydrogens (tertiary/aromatic N) is 4. The molecular weight excluding hydrogens is 573 g/mol. The Morgan fingerprint density at radius 3 is 1.52 bits per heavy atom. The number of rotatable bonds is 14. The van der Waals surface area contributed by atoms with Crippen LogP contribution in [0.5, 0.6) is 5.75 Å². The molecule has 2 atom stereocenters. The Morgan fingerprint density at radius 1 is 0.650 bits per heavy atom. The molecule has 9 heteroatoms. The van der Waals surface area contributed by atoms with Crippen LogP contribution in [0, 0.1) is 57.2 Å². The molecule has 0 fully saturated rings. The number of unbranched alkanes of at least 4 members (excludes halogenated alkanes) is 2. The van der Waals surface area contributed by atoms with Crippen LogP contribution in [0.25, 0.3) is 0 Å². The number of allylic oxidation sites excluding steroid dienone is 2. The SMILES string of the molecule is CCCCC(CC)CCc1c2c(c(OCC(CC)CCCC)c3c1SC(=C(C#N)C#N)S3)SC(=C(C#N)C#N)S2. The van der Waals surface area contributed by atoms with E-state index >= 15 is 0 Å². The Bertz CT molecular complexity index is 1150. The number of thioether (sulfide) groups is 4. The highest BCUT2D eigenvalue weighted by molar-refractivity contribution is 8.25. The van der Waals surface area contributed by atoms with Crippen molar-refractivity contribution in [1.82, 2.24) is 0 Å². The maximum absolute atomic E-state index is 9.64. The Kier molecular flexibility index (Phi) is 13.2. The van der Waals surface area contributed by atoms with Crippen molar-refractivity contribution in [2.24, 2.45) is 11.8 Å². The van der Waals surface area contributed by atoms with Gasteiger partial charge in [0.1, 0.15) is 41.2 Å². The molecule has 2 aliphatic heterocycles. The van der Waals surface area contributed by atoms with E-state index in [-0.39, 0.29) is 11.1 Å². The van der Waals surface area contributed by atoms with E-state index in [1.807, 2.05) is 0 Å². The van der Waals surface area contributed by atoms with Gasteiger partial charge in [-0.25, -0.2) is 0 Å². The predicted octanol–water partition coefficient (Wildman–Crippen LogP) is 10.3. The monoisotopic (exact) mass is 608 g/mol. The van der Waals surface area contributed by atoms with Crippen molar-refractivity contribution >= 4 is 47.0 Å². The summed E-state index contributed by atoms with van der Waals surface area (Å²) in [5, 5.41) is 38.6. The second kappa shape index (κ2) is 16.3. The van der Waals surface area contributed by atoms with E-state index in [9.17, 15) is 21.0 Å². The van der Waals surface area contributed by atoms with Gasteiger partial charge < -0.3 is 4.74 Å². The molecule has 0 saturated heterocycles. The number of nitriles is 4. The van der Waals surface area contributed by atoms with Gasteiger partial charge in [0, 0.05) is 9.79 Å². The smallest absolute Gasteiger partial charge is 0.150 e. The minimum absolute atomic E-state index is 0.129. The van der Waals surface area contributed by atoms with Gasteiger partial charge in [-0.2, -0.15) is 21.0 Å². The molecule has 2 heterocycles. The van der Waals surface area contributed by atoms with E-state index in [0.29, 0.717) is 26.9 Å². The zero-order valence-corrected chi connectivity index (χ0v) is 27.0. The van der Waals surface area contributed by atoms with E-state index in [0.717, 1.165) is 70.3 Å². The average Bonchev–Trinajstić information content (AvgIpc) is 3.60. The lowest BCUT2D eigenvalue weighted by molar-refractivity contribution is 0.222. The first-order valence-electron chi connectivity index (χ1n) is 14.2. The lowest BCUT2D eigenvalue weighted by atomic mass is 9.92. The first-order valence-corrected chi connectivity index (χ1v) is 17.4. The predicted molar refractivity (Wildman–Crippen MR) is 167 cm³/mol. The quantitative estimate of drug-likeness (QED) is 0.191. The summed E-state index contributed by atoms with van der Waals surface area (Å²) in [7, 11) is 0. The van der Waals surface area contributed by atoms with Crippen LogP contribution in [-0.2, 0) is 6.42 Å². The fourth-order valence-corrected chi connectivity index (χ4v) is 10.2. The second-order valence-electron chi connectivity index (χ2n) is 9.99. The normalized spacial score (nSPS) is 14.8. The Balaban J connectivity index is 2.15. The van der Waals surface area contributed by atoms with Gasteiger partial charge in [0.15, 0.2) is 0 Å². The first-order chi connectivity index (χ1) is 19.5. The second-order valence-corrected chi connectivity index (χ2v) is 14.6. The number of ether oxygens (including phenoxy) is 1. The van der Waals surface area contributed by atoms with E-state index in [2.05, 4.69) is 52.0 Å². The van der Waals surface area contributed by atoms with Crippen LogP contribution in [-0.4, -0.2) is 6.61 Å². The highest BCUT2D eigenvalue weighted by Gasteiger charge is 2.37. The van der Waals surface area contributed by atoms with Crippen LogP contribution in [0.4, 0.5) is 0 Å². The van der Waals surface area contributed by atoms with Gasteiger partial charge in [0.25, 0.3) is 0 Å². The molecule has 0 aliphatic carbocycles. The lowest BCUT2D eigenvalue weighted by Crippen LogP contribution is -2.12. The molecule has 5 nitrogen and oxygen atoms in total. The third kappa shape index (κ3) is 7.57. The van der Waals surface area contributed by atoms with Crippen molar-refractivity contribution in [3.05, 3.63) is 25.2 Å². The van der Waals surface area contributed by atoms with Crippen LogP contribution in [0.2, 0.25) is 0 Å². The summed E-state index contributed by atoms with van der Waals surface area (Å²) in [6.07, 6.45) is 11.1. The van der Waals surface area contributed by atoms with Gasteiger partial charge in [0.2, 0.25) is 0 Å². The zero-order valence-electron chi connectivity index (χ0n) is 23.8. The highest BCUT2D eigenvalue weighted by Crippen LogP contribution is 2.66. The first kappa shape index (κ1) is 32.4. The van der Waals surface area contributed by atoms with E-state index in [4.69, 9.17) is 4.74 Å². The minimum Gasteiger partial charge on any atom is -0.491 e. The van der Waals surface area contributed by atoms with Crippen molar-refractivity contribution in [2.75, 3.05) is 6.61 Å². The van der Waals surface area contributed by atoms with E-state index in [1.165, 1.54) is 71.9 Å². The number of hydrogen-bond donors (Lipinski definition) is 0. The molecule has 1 aromatic carbocycles. The third-order valence-corrected chi connectivity index (χ3v) is 12.7. The molecule has 210 valence electrons. The summed E-state index contributed by atoms with van der Waals surface area (Å²) in [4.78, 5) is 4.06. The molecule has 1 aromatic rings. The number of hydrogen-bond acceptors (Lipinski definition) is 9. The van der Waals surface area contributed by atoms with Crippen molar-refractivity contribution in [3.63, 3.8) is 0 Å². The molecule has 0 radical (unpaired) electrons. The van der Waals surface area contributed by atoms with E-state index < -0.39 is 0 Å². The number of fused-ring (bicyclic) bond motifs is 2. The molecule has 3 rings (SSSR count). The Labute approximate surface area is 256 Å². The molecule has 0 amide bonds. The van der Waals surface area contributed by atoms with Gasteiger partial charge in [-0.3, -0.25) is 0 Å². The van der Waals surface area contributed by atoms with Crippen LogP contribution < -0.4 is 4.74 Å². The summed E-state index contributed by atoms with van der Waals surface area (Å²) in [6, 6.07) is 8.29. The molecule has 0 bridgehead atoms. The average molecular weight is 609 g/mol. The topological polar surface area (TPSA) is 104 Å². The molecule has 2 unspecified atom stereocenters. The largest absolute Gasteiger partial charge is 0.491 e. The Morgan fingerprint density at radius 2 is 1.10 bits per heavy atom. The third-order valence-electron chi connectivity index (χ3n) is 7.36. The molecule has 0 spiro atoms. The summed E-state index contributed by atoms with van der Waals surface area (Å²) < 4.78 is 8.04. The Hall–Kier alpha value is -2.14. The van der Waals surface area contributed by atoms with Crippen molar-refractivity contribution in [1.29, 1.82) is 21.0 Å². The van der Waals surface area contributed by atoms with Crippen molar-refractivity contribution < 1.29 is 4.74 Å². The fourth-order valence-electron chi connectivity index (χ4n) is 4.79. The molecule has 0 N–H and O–H groups in total. The van der Waals surface area contributed by atoms with Gasteiger partial charge in [-0.15, -0.1) is 0 Å². The summed E-state index contributed by atoms with van der Waals surface area (Å²) in [5.74, 6) is 1.82. The maximum atomic E-state index is 9.64. The molecule has 0 aromatic heterocycles. The zero-order chi connectivity index (χ0) is 29.1. The fraction of sp³-hybridized carbons (Fsp3) is 0.548. The molecule has 40 heavy (non-hydrogen) atoms. The van der Waals surface area contributed by atoms with Gasteiger partial charge >= 0.3 is 0 Å². The summed E-state index contributed by atoms with van der Waals surface area (Å²) in [5.41, 5.74) is 1.45. The molecule has 0 saturated carbocycles. The van der Waals surface area contributed by atoms with Crippen molar-refractivity contribution in [3.8, 4) is 30.0 Å². The standard InChI is InChI=1S/C31H36N4OS4/c1-5-9-11-20(7-3)13-14-24-26-28(39-30(37-26)22(15-32)16-33)25(36-19-21(8-4)12-10-6-2)29-27(24)38-31(40-29)23(17-34)18-35/h20-21H,5-14,19H2,1-4H3. The highest BCUT2D eigenvalue weighted by atomic mass is 32.2. The lowest BCUT2D eigenvalue weighted by Gasteiger charge is -2.21.